The molecule has 2 aromatic carbocycles. The number of benzene rings is 2. The van der Waals surface area contributed by atoms with Crippen LogP contribution in [0.1, 0.15) is 29.3 Å². The van der Waals surface area contributed by atoms with Gasteiger partial charge in [0.05, 0.1) is 0 Å². The highest BCUT2D eigenvalue weighted by Gasteiger charge is 2.33. The van der Waals surface area contributed by atoms with E-state index < -0.39 is 5.41 Å². The molecular weight excluding hydrogens is 320 g/mol. The summed E-state index contributed by atoms with van der Waals surface area (Å²) in [4.78, 5) is 16.3. The van der Waals surface area contributed by atoms with Crippen molar-refractivity contribution in [2.75, 3.05) is 0 Å². The number of aromatic nitrogens is 1. The predicted molar refractivity (Wildman–Crippen MR) is 102 cm³/mol. The predicted octanol–water partition coefficient (Wildman–Crippen LogP) is 5.06. The Morgan fingerprint density at radius 1 is 1.17 bits per heavy atom. The van der Waals surface area contributed by atoms with Gasteiger partial charge in [-0.15, -0.1) is 12.4 Å². The number of carbonyl (C=O) groups excluding carboxylic acids is 1. The minimum atomic E-state index is -0.604. The van der Waals surface area contributed by atoms with Gasteiger partial charge in [0.1, 0.15) is 0 Å². The zero-order chi connectivity index (χ0) is 16.3. The van der Waals surface area contributed by atoms with Crippen LogP contribution in [0.4, 0.5) is 0 Å². The molecule has 0 aliphatic heterocycles. The molecule has 0 aliphatic carbocycles. The molecule has 0 bridgehead atoms. The largest absolute Gasteiger partial charge is 0.361 e. The normalized spacial score (nSPS) is 13.0. The molecule has 0 saturated carbocycles. The molecule has 1 heterocycles. The molecule has 124 valence electrons. The van der Waals surface area contributed by atoms with E-state index in [1.807, 2.05) is 67.7 Å². The smallest absolute Gasteiger partial charge is 0.169 e. The van der Waals surface area contributed by atoms with Gasteiger partial charge in [-0.3, -0.25) is 4.79 Å². The number of fused-ring (bicyclic) bond motifs is 1. The summed E-state index contributed by atoms with van der Waals surface area (Å²) in [6, 6.07) is 17.7. The van der Waals surface area contributed by atoms with Crippen LogP contribution in [0.5, 0.6) is 0 Å². The molecule has 0 saturated heterocycles. The molecule has 0 spiro atoms. The number of rotatable bonds is 6. The first-order chi connectivity index (χ1) is 11.1. The van der Waals surface area contributed by atoms with Gasteiger partial charge in [-0.25, -0.2) is 0 Å². The lowest BCUT2D eigenvalue weighted by atomic mass is 9.75. The molecule has 4 heteroatoms. The van der Waals surface area contributed by atoms with E-state index in [1.54, 1.807) is 0 Å². The number of H-pyrrole nitrogens is 1. The van der Waals surface area contributed by atoms with Crippen LogP contribution in [-0.4, -0.2) is 17.0 Å². The fourth-order valence-electron chi connectivity index (χ4n) is 3.06. The van der Waals surface area contributed by atoms with Gasteiger partial charge in [-0.1, -0.05) is 37.3 Å². The van der Waals surface area contributed by atoms with Crippen LogP contribution in [0.2, 0.25) is 0 Å². The first kappa shape index (κ1) is 18.0. The first-order valence-electron chi connectivity index (χ1n) is 7.77. The number of hydrogen-bond donors (Lipinski definition) is 2. The molecule has 3 rings (SSSR count). The van der Waals surface area contributed by atoms with Crippen molar-refractivity contribution in [1.82, 2.24) is 4.98 Å². The molecule has 0 fully saturated rings. The number of aromatic amines is 1. The average Bonchev–Trinajstić information content (AvgIpc) is 3.02. The summed E-state index contributed by atoms with van der Waals surface area (Å²) in [5.74, 6) is 0.0907. The van der Waals surface area contributed by atoms with Gasteiger partial charge in [0.2, 0.25) is 0 Å². The van der Waals surface area contributed by atoms with E-state index in [4.69, 9.17) is 5.41 Å². The van der Waals surface area contributed by atoms with Crippen LogP contribution in [0.3, 0.4) is 0 Å². The van der Waals surface area contributed by atoms with Gasteiger partial charge < -0.3 is 10.4 Å². The maximum Gasteiger partial charge on any atom is 0.169 e. The maximum atomic E-state index is 13.1. The average molecular weight is 341 g/mol. The van der Waals surface area contributed by atoms with Crippen LogP contribution in [0.25, 0.3) is 10.9 Å². The van der Waals surface area contributed by atoms with Crippen molar-refractivity contribution in [1.29, 1.82) is 5.41 Å². The molecule has 0 amide bonds. The molecule has 1 aromatic heterocycles. The number of halogens is 1. The lowest BCUT2D eigenvalue weighted by Gasteiger charge is -2.27. The zero-order valence-electron chi connectivity index (χ0n) is 13.6. The van der Waals surface area contributed by atoms with Crippen molar-refractivity contribution in [3.8, 4) is 0 Å². The minimum absolute atomic E-state index is 0. The van der Waals surface area contributed by atoms with Gasteiger partial charge in [-0.2, -0.15) is 0 Å². The van der Waals surface area contributed by atoms with Crippen molar-refractivity contribution in [2.24, 2.45) is 5.41 Å². The molecule has 24 heavy (non-hydrogen) atoms. The van der Waals surface area contributed by atoms with E-state index in [1.165, 1.54) is 6.21 Å². The van der Waals surface area contributed by atoms with Gasteiger partial charge in [0.25, 0.3) is 0 Å². The Balaban J connectivity index is 0.00000208. The second-order valence-electron chi connectivity index (χ2n) is 6.24. The third kappa shape index (κ3) is 3.57. The molecule has 3 nitrogen and oxygen atoms in total. The summed E-state index contributed by atoms with van der Waals surface area (Å²) >= 11 is 0. The zero-order valence-corrected chi connectivity index (χ0v) is 14.4. The van der Waals surface area contributed by atoms with Crippen LogP contribution in [0.15, 0.2) is 60.8 Å². The van der Waals surface area contributed by atoms with E-state index in [-0.39, 0.29) is 18.2 Å². The van der Waals surface area contributed by atoms with E-state index in [2.05, 4.69) is 4.98 Å². The molecule has 2 N–H and O–H groups in total. The standard InChI is InChI=1S/C20H20N2O.ClH/c1-20(10-11-21,14-15-5-3-2-4-6-15)19(23)17-7-8-18-16(13-17)9-12-22-18;/h2-9,11-13,21-22H,10,14H2,1H3;1H. The van der Waals surface area contributed by atoms with Crippen LogP contribution in [0, 0.1) is 10.8 Å². The fraction of sp³-hybridized carbons (Fsp3) is 0.200. The lowest BCUT2D eigenvalue weighted by molar-refractivity contribution is 0.0824. The second kappa shape index (κ2) is 7.45. The molecule has 0 aliphatic rings. The number of Topliss-reactive ketones (excluding diaryl/α,β-unsaturated/α-hetero) is 1. The lowest BCUT2D eigenvalue weighted by Crippen LogP contribution is -2.31. The molecular formula is C20H21ClN2O. The number of carbonyl (C=O) groups is 1. The molecule has 3 aromatic rings. The number of ketones is 1. The van der Waals surface area contributed by atoms with Crippen LogP contribution in [-0.2, 0) is 6.42 Å². The molecule has 1 unspecified atom stereocenters. The summed E-state index contributed by atoms with van der Waals surface area (Å²) in [6.45, 7) is 1.95. The van der Waals surface area contributed by atoms with Crippen molar-refractivity contribution in [3.05, 3.63) is 71.9 Å². The van der Waals surface area contributed by atoms with Gasteiger partial charge in [0, 0.05) is 28.1 Å². The quantitative estimate of drug-likeness (QED) is 0.478. The Kier molecular flexibility index (Phi) is 5.58. The van der Waals surface area contributed by atoms with Gasteiger partial charge in [-0.05, 0) is 48.9 Å². The monoisotopic (exact) mass is 340 g/mol. The van der Waals surface area contributed by atoms with E-state index in [9.17, 15) is 4.79 Å². The number of nitrogens with one attached hydrogen (secondary N) is 2. The first-order valence-corrected chi connectivity index (χ1v) is 7.77. The van der Waals surface area contributed by atoms with Gasteiger partial charge >= 0.3 is 0 Å². The Morgan fingerprint density at radius 3 is 2.62 bits per heavy atom. The summed E-state index contributed by atoms with van der Waals surface area (Å²) in [7, 11) is 0. The van der Waals surface area contributed by atoms with Crippen LogP contribution < -0.4 is 0 Å². The number of hydrogen-bond acceptors (Lipinski definition) is 2. The second-order valence-corrected chi connectivity index (χ2v) is 6.24. The Bertz CT molecular complexity index is 841. The summed E-state index contributed by atoms with van der Waals surface area (Å²) in [5, 5.41) is 8.54. The van der Waals surface area contributed by atoms with E-state index >= 15 is 0 Å². The highest BCUT2D eigenvalue weighted by Crippen LogP contribution is 2.31. The van der Waals surface area contributed by atoms with Crippen molar-refractivity contribution >= 4 is 35.3 Å². The van der Waals surface area contributed by atoms with E-state index in [0.29, 0.717) is 18.4 Å². The highest BCUT2D eigenvalue weighted by atomic mass is 35.5. The van der Waals surface area contributed by atoms with Crippen molar-refractivity contribution < 1.29 is 4.79 Å². The third-order valence-electron chi connectivity index (χ3n) is 4.35. The fourth-order valence-corrected chi connectivity index (χ4v) is 3.06. The summed E-state index contributed by atoms with van der Waals surface area (Å²) in [6.07, 6.45) is 4.29. The Labute approximate surface area is 148 Å². The Hall–Kier alpha value is -2.39. The van der Waals surface area contributed by atoms with Gasteiger partial charge in [0.15, 0.2) is 5.78 Å². The topological polar surface area (TPSA) is 56.7 Å². The minimum Gasteiger partial charge on any atom is -0.361 e. The Morgan fingerprint density at radius 2 is 1.92 bits per heavy atom. The molecule has 1 atom stereocenters. The summed E-state index contributed by atoms with van der Waals surface area (Å²) in [5.41, 5.74) is 2.25. The van der Waals surface area contributed by atoms with Crippen molar-refractivity contribution in [3.63, 3.8) is 0 Å². The van der Waals surface area contributed by atoms with E-state index in [0.717, 1.165) is 16.5 Å². The van der Waals surface area contributed by atoms with Crippen molar-refractivity contribution in [2.45, 2.75) is 19.8 Å². The summed E-state index contributed by atoms with van der Waals surface area (Å²) < 4.78 is 0. The molecule has 0 radical (unpaired) electrons. The maximum absolute atomic E-state index is 13.1. The SMILES string of the molecule is CC(CC=N)(Cc1ccccc1)C(=O)c1ccc2[nH]ccc2c1.Cl. The third-order valence-corrected chi connectivity index (χ3v) is 4.35. The highest BCUT2D eigenvalue weighted by molar-refractivity contribution is 6.04. The van der Waals surface area contributed by atoms with Crippen LogP contribution >= 0.6 is 12.4 Å².